The maximum atomic E-state index is 13.4. The summed E-state index contributed by atoms with van der Waals surface area (Å²) in [5.41, 5.74) is -0.277. The number of halogens is 3. The second-order valence-electron chi connectivity index (χ2n) is 3.59. The van der Waals surface area contributed by atoms with Gasteiger partial charge in [-0.1, -0.05) is 19.8 Å². The van der Waals surface area contributed by atoms with Gasteiger partial charge >= 0.3 is 0 Å². The average Bonchev–Trinajstić information content (AvgIpc) is 2.25. The highest BCUT2D eigenvalue weighted by molar-refractivity contribution is 6.68. The Morgan fingerprint density at radius 3 is 2.65 bits per heavy atom. The molecule has 17 heavy (non-hydrogen) atoms. The largest absolute Gasteiger partial charge is 0.490 e. The zero-order valence-corrected chi connectivity index (χ0v) is 10.2. The van der Waals surface area contributed by atoms with E-state index in [0.29, 0.717) is 6.07 Å². The van der Waals surface area contributed by atoms with E-state index in [1.54, 1.807) is 0 Å². The summed E-state index contributed by atoms with van der Waals surface area (Å²) >= 11 is 5.24. The first-order valence-corrected chi connectivity index (χ1v) is 5.75. The van der Waals surface area contributed by atoms with E-state index in [4.69, 9.17) is 16.3 Å². The number of benzene rings is 1. The minimum Gasteiger partial charge on any atom is -0.490 e. The maximum absolute atomic E-state index is 13.4. The maximum Gasteiger partial charge on any atom is 0.256 e. The Kier molecular flexibility index (Phi) is 5.35. The average molecular weight is 263 g/mol. The van der Waals surface area contributed by atoms with Crippen molar-refractivity contribution in [2.75, 3.05) is 6.61 Å². The number of hydrogen-bond acceptors (Lipinski definition) is 2. The third-order valence-electron chi connectivity index (χ3n) is 2.21. The molecule has 0 aliphatic rings. The van der Waals surface area contributed by atoms with Gasteiger partial charge in [-0.05, 0) is 24.1 Å². The van der Waals surface area contributed by atoms with Crippen molar-refractivity contribution in [2.45, 2.75) is 26.2 Å². The molecule has 1 aromatic rings. The number of ether oxygens (including phenoxy) is 1. The number of hydrogen-bond donors (Lipinski definition) is 0. The highest BCUT2D eigenvalue weighted by Crippen LogP contribution is 2.26. The lowest BCUT2D eigenvalue weighted by molar-refractivity contribution is 0.107. The van der Waals surface area contributed by atoms with E-state index < -0.39 is 16.9 Å². The van der Waals surface area contributed by atoms with Crippen molar-refractivity contribution < 1.29 is 18.3 Å². The lowest BCUT2D eigenvalue weighted by Gasteiger charge is -2.10. The molecule has 0 N–H and O–H groups in total. The van der Waals surface area contributed by atoms with Gasteiger partial charge in [0.05, 0.1) is 12.2 Å². The molecule has 0 amide bonds. The molecule has 0 heterocycles. The van der Waals surface area contributed by atoms with Gasteiger partial charge < -0.3 is 4.74 Å². The first-order valence-electron chi connectivity index (χ1n) is 5.38. The quantitative estimate of drug-likeness (QED) is 0.574. The summed E-state index contributed by atoms with van der Waals surface area (Å²) < 4.78 is 31.4. The predicted molar refractivity (Wildman–Crippen MR) is 61.6 cm³/mol. The third-order valence-corrected chi connectivity index (χ3v) is 2.42. The van der Waals surface area contributed by atoms with Crippen LogP contribution in [0.15, 0.2) is 12.1 Å². The zero-order chi connectivity index (χ0) is 12.8. The molecular formula is C12H13ClF2O2. The molecule has 1 rings (SSSR count). The van der Waals surface area contributed by atoms with Crippen LogP contribution in [0.5, 0.6) is 5.75 Å². The van der Waals surface area contributed by atoms with Crippen LogP contribution in [0.3, 0.4) is 0 Å². The summed E-state index contributed by atoms with van der Waals surface area (Å²) in [6.45, 7) is 2.29. The van der Waals surface area contributed by atoms with E-state index in [9.17, 15) is 13.6 Å². The topological polar surface area (TPSA) is 26.3 Å². The Labute approximate surface area is 104 Å². The standard InChI is InChI=1S/C12H13ClF2O2/c1-2-3-4-5-17-11-9(12(13)16)6-8(14)7-10(11)15/h6-7H,2-5H2,1H3. The molecule has 0 radical (unpaired) electrons. The molecular weight excluding hydrogens is 250 g/mol. The molecule has 0 aliphatic carbocycles. The Balaban J connectivity index is 2.85. The Bertz CT molecular complexity index is 408. The zero-order valence-electron chi connectivity index (χ0n) is 9.43. The lowest BCUT2D eigenvalue weighted by atomic mass is 10.2. The van der Waals surface area contributed by atoms with Crippen molar-refractivity contribution in [3.05, 3.63) is 29.3 Å². The van der Waals surface area contributed by atoms with Crippen LogP contribution in [-0.2, 0) is 0 Å². The van der Waals surface area contributed by atoms with E-state index in [1.807, 2.05) is 6.92 Å². The summed E-state index contributed by atoms with van der Waals surface area (Å²) in [4.78, 5) is 11.0. The lowest BCUT2D eigenvalue weighted by Crippen LogP contribution is -2.05. The van der Waals surface area contributed by atoms with Crippen LogP contribution >= 0.6 is 11.6 Å². The molecule has 5 heteroatoms. The molecule has 1 aromatic carbocycles. The normalized spacial score (nSPS) is 10.4. The van der Waals surface area contributed by atoms with Gasteiger partial charge in [0.15, 0.2) is 11.6 Å². The number of carbonyl (C=O) groups is 1. The second kappa shape index (κ2) is 6.55. The molecule has 0 atom stereocenters. The Morgan fingerprint density at radius 1 is 1.35 bits per heavy atom. The van der Waals surface area contributed by atoms with Crippen molar-refractivity contribution >= 4 is 16.8 Å². The van der Waals surface area contributed by atoms with Gasteiger partial charge in [-0.3, -0.25) is 4.79 Å². The highest BCUT2D eigenvalue weighted by atomic mass is 35.5. The molecule has 0 unspecified atom stereocenters. The Morgan fingerprint density at radius 2 is 2.06 bits per heavy atom. The van der Waals surface area contributed by atoms with Gasteiger partial charge in [0, 0.05) is 6.07 Å². The van der Waals surface area contributed by atoms with Crippen LogP contribution < -0.4 is 4.74 Å². The van der Waals surface area contributed by atoms with Crippen LogP contribution in [0.25, 0.3) is 0 Å². The van der Waals surface area contributed by atoms with E-state index in [-0.39, 0.29) is 17.9 Å². The molecule has 2 nitrogen and oxygen atoms in total. The number of carbonyl (C=O) groups excluding carboxylic acids is 1. The minimum absolute atomic E-state index is 0.271. The van der Waals surface area contributed by atoms with Crippen molar-refractivity contribution in [3.8, 4) is 5.75 Å². The van der Waals surface area contributed by atoms with Crippen molar-refractivity contribution in [2.24, 2.45) is 0 Å². The van der Waals surface area contributed by atoms with E-state index in [1.165, 1.54) is 0 Å². The van der Waals surface area contributed by atoms with Gasteiger partial charge in [-0.25, -0.2) is 8.78 Å². The first kappa shape index (κ1) is 13.9. The summed E-state index contributed by atoms with van der Waals surface area (Å²) in [6, 6.07) is 1.53. The summed E-state index contributed by atoms with van der Waals surface area (Å²) in [6.07, 6.45) is 2.67. The Hall–Kier alpha value is -1.16. The number of unbranched alkanes of at least 4 members (excludes halogenated alkanes) is 2. The predicted octanol–water partition coefficient (Wildman–Crippen LogP) is 3.91. The molecule has 0 spiro atoms. The molecule has 0 aromatic heterocycles. The van der Waals surface area contributed by atoms with E-state index in [2.05, 4.69) is 0 Å². The van der Waals surface area contributed by atoms with Crippen molar-refractivity contribution in [1.82, 2.24) is 0 Å². The highest BCUT2D eigenvalue weighted by Gasteiger charge is 2.17. The van der Waals surface area contributed by atoms with Crippen LogP contribution in [0, 0.1) is 11.6 Å². The monoisotopic (exact) mass is 262 g/mol. The smallest absolute Gasteiger partial charge is 0.256 e. The summed E-state index contributed by atoms with van der Waals surface area (Å²) in [7, 11) is 0. The van der Waals surface area contributed by atoms with Gasteiger partial charge in [0.1, 0.15) is 5.82 Å². The van der Waals surface area contributed by atoms with Crippen LogP contribution in [0.2, 0.25) is 0 Å². The summed E-state index contributed by atoms with van der Waals surface area (Å²) in [5, 5.41) is -0.936. The minimum atomic E-state index is -0.936. The van der Waals surface area contributed by atoms with Crippen LogP contribution in [0.4, 0.5) is 8.78 Å². The molecule has 0 fully saturated rings. The molecule has 0 bridgehead atoms. The van der Waals surface area contributed by atoms with Gasteiger partial charge in [0.2, 0.25) is 0 Å². The van der Waals surface area contributed by atoms with Crippen molar-refractivity contribution in [3.63, 3.8) is 0 Å². The molecule has 0 saturated carbocycles. The molecule has 0 saturated heterocycles. The van der Waals surface area contributed by atoms with E-state index >= 15 is 0 Å². The second-order valence-corrected chi connectivity index (χ2v) is 3.94. The van der Waals surface area contributed by atoms with Gasteiger partial charge in [0.25, 0.3) is 5.24 Å². The fourth-order valence-electron chi connectivity index (χ4n) is 1.38. The van der Waals surface area contributed by atoms with Crippen LogP contribution in [-0.4, -0.2) is 11.8 Å². The molecule has 0 aliphatic heterocycles. The third kappa shape index (κ3) is 3.97. The number of rotatable bonds is 6. The van der Waals surface area contributed by atoms with Crippen LogP contribution in [0.1, 0.15) is 36.5 Å². The fraction of sp³-hybridized carbons (Fsp3) is 0.417. The SMILES string of the molecule is CCCCCOc1c(F)cc(F)cc1C(=O)Cl. The van der Waals surface area contributed by atoms with Crippen molar-refractivity contribution in [1.29, 1.82) is 0 Å². The van der Waals surface area contributed by atoms with E-state index in [0.717, 1.165) is 25.3 Å². The van der Waals surface area contributed by atoms with Gasteiger partial charge in [-0.2, -0.15) is 0 Å². The fourth-order valence-corrected chi connectivity index (χ4v) is 1.52. The first-order chi connectivity index (χ1) is 8.06. The summed E-state index contributed by atoms with van der Waals surface area (Å²) in [5.74, 6) is -2.04. The molecule has 94 valence electrons. The van der Waals surface area contributed by atoms with Gasteiger partial charge in [-0.15, -0.1) is 0 Å².